The molecule has 1 atom stereocenters. The van der Waals surface area contributed by atoms with E-state index in [9.17, 15) is 0 Å². The number of benzene rings is 1. The number of ether oxygens (including phenoxy) is 1. The average Bonchev–Trinajstić information content (AvgIpc) is 2.85. The van der Waals surface area contributed by atoms with E-state index in [4.69, 9.17) is 4.74 Å². The van der Waals surface area contributed by atoms with E-state index in [-0.39, 0.29) is 0 Å². The summed E-state index contributed by atoms with van der Waals surface area (Å²) in [5, 5.41) is 0. The van der Waals surface area contributed by atoms with Crippen molar-refractivity contribution in [3.8, 4) is 0 Å². The van der Waals surface area contributed by atoms with Crippen LogP contribution in [0.2, 0.25) is 0 Å². The molecule has 1 aromatic carbocycles. The molecule has 0 saturated heterocycles. The van der Waals surface area contributed by atoms with Crippen LogP contribution >= 0.6 is 0 Å². The Hall–Kier alpha value is -1.31. The lowest BCUT2D eigenvalue weighted by atomic mass is 10.1. The first-order valence-corrected chi connectivity index (χ1v) is 6.66. The van der Waals surface area contributed by atoms with E-state index in [1.807, 2.05) is 18.2 Å². The molecular weight excluding hydrogens is 210 g/mol. The van der Waals surface area contributed by atoms with Crippen molar-refractivity contribution in [2.24, 2.45) is 4.99 Å². The van der Waals surface area contributed by atoms with Crippen molar-refractivity contribution < 1.29 is 4.74 Å². The van der Waals surface area contributed by atoms with Crippen molar-refractivity contribution in [2.45, 2.75) is 45.1 Å². The van der Waals surface area contributed by atoms with E-state index in [1.165, 1.54) is 25.7 Å². The summed E-state index contributed by atoms with van der Waals surface area (Å²) in [6, 6.07) is 10.2. The summed E-state index contributed by atoms with van der Waals surface area (Å²) in [6.07, 6.45) is 6.64. The molecule has 0 bridgehead atoms. The highest BCUT2D eigenvalue weighted by Crippen LogP contribution is 2.17. The first kappa shape index (κ1) is 12.2. The predicted octanol–water partition coefficient (Wildman–Crippen LogP) is 3.80. The van der Waals surface area contributed by atoms with Gasteiger partial charge in [0.25, 0.3) is 0 Å². The monoisotopic (exact) mass is 231 g/mol. The highest BCUT2D eigenvalue weighted by molar-refractivity contribution is 5.95. The molecule has 0 radical (unpaired) electrons. The predicted molar refractivity (Wildman–Crippen MR) is 71.5 cm³/mol. The Kier molecular flexibility index (Phi) is 4.60. The summed E-state index contributed by atoms with van der Waals surface area (Å²) in [6.45, 7) is 3.07. The van der Waals surface area contributed by atoms with Gasteiger partial charge < -0.3 is 4.74 Å². The molecule has 0 fully saturated rings. The fraction of sp³-hybridized carbons (Fsp3) is 0.533. The molecule has 0 saturated carbocycles. The molecule has 1 aliphatic rings. The zero-order valence-corrected chi connectivity index (χ0v) is 10.6. The Balaban J connectivity index is 1.75. The summed E-state index contributed by atoms with van der Waals surface area (Å²) in [7, 11) is 0. The minimum atomic E-state index is 0.307. The van der Waals surface area contributed by atoms with Crippen molar-refractivity contribution in [3.63, 3.8) is 0 Å². The summed E-state index contributed by atoms with van der Waals surface area (Å²) >= 11 is 0. The van der Waals surface area contributed by atoms with Gasteiger partial charge in [-0.1, -0.05) is 44.4 Å². The molecule has 17 heavy (non-hydrogen) atoms. The fourth-order valence-corrected chi connectivity index (χ4v) is 2.11. The van der Waals surface area contributed by atoms with E-state index >= 15 is 0 Å². The molecule has 0 aliphatic carbocycles. The Morgan fingerprint density at radius 3 is 2.76 bits per heavy atom. The molecule has 0 N–H and O–H groups in total. The van der Waals surface area contributed by atoms with Gasteiger partial charge in [0.05, 0.1) is 6.54 Å². The maximum atomic E-state index is 5.88. The smallest absolute Gasteiger partial charge is 0.216 e. The maximum Gasteiger partial charge on any atom is 0.216 e. The van der Waals surface area contributed by atoms with Gasteiger partial charge in [0.2, 0.25) is 5.90 Å². The second kappa shape index (κ2) is 6.43. The molecule has 1 unspecified atom stereocenters. The number of nitrogens with zero attached hydrogens (tertiary/aromatic N) is 1. The average molecular weight is 231 g/mol. The lowest BCUT2D eigenvalue weighted by molar-refractivity contribution is 0.209. The Labute approximate surface area is 104 Å². The van der Waals surface area contributed by atoms with Crippen molar-refractivity contribution in [2.75, 3.05) is 6.54 Å². The number of hydrogen-bond donors (Lipinski definition) is 0. The Morgan fingerprint density at radius 2 is 2.00 bits per heavy atom. The van der Waals surface area contributed by atoms with Gasteiger partial charge >= 0.3 is 0 Å². The minimum absolute atomic E-state index is 0.307. The zero-order valence-electron chi connectivity index (χ0n) is 10.6. The molecule has 1 aliphatic heterocycles. The topological polar surface area (TPSA) is 21.6 Å². The van der Waals surface area contributed by atoms with Gasteiger partial charge in [-0.2, -0.15) is 0 Å². The third-order valence-electron chi connectivity index (χ3n) is 3.12. The van der Waals surface area contributed by atoms with Crippen molar-refractivity contribution in [1.82, 2.24) is 0 Å². The van der Waals surface area contributed by atoms with Crippen LogP contribution in [0.3, 0.4) is 0 Å². The highest BCUT2D eigenvalue weighted by Gasteiger charge is 2.19. The van der Waals surface area contributed by atoms with Gasteiger partial charge in [0.1, 0.15) is 6.10 Å². The standard InChI is InChI=1S/C15H21NO/c1-2-3-4-8-11-14-12-16-15(17-14)13-9-6-5-7-10-13/h5-7,9-10,14H,2-4,8,11-12H2,1H3. The van der Waals surface area contributed by atoms with Gasteiger partial charge in [-0.05, 0) is 25.0 Å². The van der Waals surface area contributed by atoms with E-state index in [0.29, 0.717) is 6.10 Å². The fourth-order valence-electron chi connectivity index (χ4n) is 2.11. The van der Waals surface area contributed by atoms with Crippen LogP contribution in [0.25, 0.3) is 0 Å². The summed E-state index contributed by atoms with van der Waals surface area (Å²) < 4.78 is 5.88. The Bertz CT molecular complexity index is 358. The van der Waals surface area contributed by atoms with Crippen LogP contribution in [0.1, 0.15) is 44.6 Å². The molecule has 1 heterocycles. The van der Waals surface area contributed by atoms with Crippen LogP contribution in [0.4, 0.5) is 0 Å². The quantitative estimate of drug-likeness (QED) is 0.682. The van der Waals surface area contributed by atoms with Crippen molar-refractivity contribution in [3.05, 3.63) is 35.9 Å². The van der Waals surface area contributed by atoms with Gasteiger partial charge in [0, 0.05) is 5.56 Å². The summed E-state index contributed by atoms with van der Waals surface area (Å²) in [5.74, 6) is 0.825. The zero-order chi connectivity index (χ0) is 11.9. The third kappa shape index (κ3) is 3.58. The maximum absolute atomic E-state index is 5.88. The lowest BCUT2D eigenvalue weighted by Gasteiger charge is -2.10. The number of unbranched alkanes of at least 4 members (excludes halogenated alkanes) is 3. The van der Waals surface area contributed by atoms with Gasteiger partial charge in [-0.3, -0.25) is 0 Å². The second-order valence-corrected chi connectivity index (χ2v) is 4.60. The van der Waals surface area contributed by atoms with Crippen LogP contribution in [-0.2, 0) is 4.74 Å². The first-order valence-electron chi connectivity index (χ1n) is 6.66. The number of hydrogen-bond acceptors (Lipinski definition) is 2. The van der Waals surface area contributed by atoms with Crippen molar-refractivity contribution >= 4 is 5.90 Å². The SMILES string of the molecule is CCCCCCC1CN=C(c2ccccc2)O1. The van der Waals surface area contributed by atoms with Gasteiger partial charge in [0.15, 0.2) is 0 Å². The normalized spacial score (nSPS) is 18.9. The van der Waals surface area contributed by atoms with Crippen molar-refractivity contribution in [1.29, 1.82) is 0 Å². The van der Waals surface area contributed by atoms with Gasteiger partial charge in [-0.25, -0.2) is 4.99 Å². The highest BCUT2D eigenvalue weighted by atomic mass is 16.5. The minimum Gasteiger partial charge on any atom is -0.472 e. The molecular formula is C15H21NO. The Morgan fingerprint density at radius 1 is 1.18 bits per heavy atom. The molecule has 1 aromatic rings. The van der Waals surface area contributed by atoms with Crippen LogP contribution < -0.4 is 0 Å². The van der Waals surface area contributed by atoms with Crippen LogP contribution in [0.5, 0.6) is 0 Å². The molecule has 2 rings (SSSR count). The summed E-state index contributed by atoms with van der Waals surface area (Å²) in [5.41, 5.74) is 1.10. The molecule has 2 heteroatoms. The first-order chi connectivity index (χ1) is 8.40. The van der Waals surface area contributed by atoms with E-state index in [1.54, 1.807) is 0 Å². The largest absolute Gasteiger partial charge is 0.472 e. The second-order valence-electron chi connectivity index (χ2n) is 4.60. The van der Waals surface area contributed by atoms with E-state index in [2.05, 4.69) is 24.0 Å². The third-order valence-corrected chi connectivity index (χ3v) is 3.12. The summed E-state index contributed by atoms with van der Waals surface area (Å²) in [4.78, 5) is 4.48. The molecule has 0 aromatic heterocycles. The molecule has 2 nitrogen and oxygen atoms in total. The lowest BCUT2D eigenvalue weighted by Crippen LogP contribution is -2.13. The molecule has 0 amide bonds. The molecule has 0 spiro atoms. The van der Waals surface area contributed by atoms with Crippen LogP contribution in [-0.4, -0.2) is 18.5 Å². The van der Waals surface area contributed by atoms with E-state index in [0.717, 1.165) is 24.4 Å². The molecule has 92 valence electrons. The van der Waals surface area contributed by atoms with Crippen LogP contribution in [0.15, 0.2) is 35.3 Å². The number of rotatable bonds is 6. The van der Waals surface area contributed by atoms with Crippen LogP contribution in [0, 0.1) is 0 Å². The van der Waals surface area contributed by atoms with E-state index < -0.39 is 0 Å². The number of aliphatic imine (C=N–C) groups is 1. The van der Waals surface area contributed by atoms with Gasteiger partial charge in [-0.15, -0.1) is 0 Å².